The maximum atomic E-state index is 6.11. The largest absolute Gasteiger partial charge is 0.385 e. The Labute approximate surface area is 111 Å². The highest BCUT2D eigenvalue weighted by atomic mass is 35.5. The van der Waals surface area contributed by atoms with Crippen LogP contribution in [0.5, 0.6) is 0 Å². The van der Waals surface area contributed by atoms with Gasteiger partial charge in [-0.3, -0.25) is 0 Å². The maximum Gasteiger partial charge on any atom is 0.0455 e. The van der Waals surface area contributed by atoms with Crippen LogP contribution < -0.4 is 5.32 Å². The first kappa shape index (κ1) is 14.4. The van der Waals surface area contributed by atoms with Gasteiger partial charge in [0.15, 0.2) is 0 Å². The van der Waals surface area contributed by atoms with E-state index in [1.54, 1.807) is 0 Å². The molecule has 1 atom stereocenters. The molecule has 1 unspecified atom stereocenters. The maximum absolute atomic E-state index is 6.11. The number of unbranched alkanes of at least 4 members (excludes halogenated alkanes) is 1. The number of nitrogens with one attached hydrogen (secondary N) is 1. The highest BCUT2D eigenvalue weighted by molar-refractivity contribution is 6.31. The van der Waals surface area contributed by atoms with Crippen molar-refractivity contribution in [2.75, 3.05) is 11.9 Å². The summed E-state index contributed by atoms with van der Waals surface area (Å²) >= 11 is 6.11. The molecule has 0 fully saturated rings. The van der Waals surface area contributed by atoms with Crippen molar-refractivity contribution >= 4 is 17.3 Å². The molecule has 1 N–H and O–H groups in total. The fraction of sp³-hybridized carbons (Fsp3) is 0.600. The van der Waals surface area contributed by atoms with Crippen molar-refractivity contribution in [3.63, 3.8) is 0 Å². The quantitative estimate of drug-likeness (QED) is 0.697. The number of halogens is 1. The minimum Gasteiger partial charge on any atom is -0.385 e. The molecule has 17 heavy (non-hydrogen) atoms. The molecule has 0 saturated heterocycles. The van der Waals surface area contributed by atoms with E-state index in [0.29, 0.717) is 0 Å². The second-order valence-electron chi connectivity index (χ2n) is 4.71. The van der Waals surface area contributed by atoms with Gasteiger partial charge in [0, 0.05) is 17.3 Å². The molecule has 0 bridgehead atoms. The topological polar surface area (TPSA) is 12.0 Å². The number of benzene rings is 1. The smallest absolute Gasteiger partial charge is 0.0455 e. The van der Waals surface area contributed by atoms with Crippen LogP contribution in [0, 0.1) is 12.8 Å². The van der Waals surface area contributed by atoms with Crippen molar-refractivity contribution in [3.8, 4) is 0 Å². The standard InChI is InChI=1S/C15H24ClN/c1-4-6-8-13(5-2)11-17-15-10-7-9-14(16)12(15)3/h7,9-10,13,17H,4-6,8,11H2,1-3H3. The molecule has 0 spiro atoms. The molecule has 1 aromatic rings. The minimum absolute atomic E-state index is 0.772. The molecule has 0 aromatic heterocycles. The zero-order valence-corrected chi connectivity index (χ0v) is 12.0. The van der Waals surface area contributed by atoms with Gasteiger partial charge in [-0.25, -0.2) is 0 Å². The monoisotopic (exact) mass is 253 g/mol. The first-order valence-corrected chi connectivity index (χ1v) is 7.05. The van der Waals surface area contributed by atoms with Crippen LogP contribution in [-0.2, 0) is 0 Å². The Morgan fingerprint density at radius 1 is 1.29 bits per heavy atom. The zero-order chi connectivity index (χ0) is 12.7. The Balaban J connectivity index is 2.50. The Morgan fingerprint density at radius 3 is 2.71 bits per heavy atom. The molecule has 0 aliphatic heterocycles. The Hall–Kier alpha value is -0.690. The number of anilines is 1. The van der Waals surface area contributed by atoms with E-state index < -0.39 is 0 Å². The highest BCUT2D eigenvalue weighted by Gasteiger charge is 2.07. The average Bonchev–Trinajstić information content (AvgIpc) is 2.34. The summed E-state index contributed by atoms with van der Waals surface area (Å²) in [7, 11) is 0. The molecular weight excluding hydrogens is 230 g/mol. The minimum atomic E-state index is 0.772. The van der Waals surface area contributed by atoms with Gasteiger partial charge >= 0.3 is 0 Å². The van der Waals surface area contributed by atoms with Gasteiger partial charge in [0.25, 0.3) is 0 Å². The third-order valence-electron chi connectivity index (χ3n) is 3.39. The second kappa shape index (κ2) is 7.60. The van der Waals surface area contributed by atoms with Gasteiger partial charge in [-0.15, -0.1) is 0 Å². The summed E-state index contributed by atoms with van der Waals surface area (Å²) < 4.78 is 0. The molecule has 0 aliphatic carbocycles. The van der Waals surface area contributed by atoms with E-state index in [2.05, 4.69) is 32.2 Å². The number of rotatable bonds is 7. The summed E-state index contributed by atoms with van der Waals surface area (Å²) in [6.45, 7) is 7.64. The summed E-state index contributed by atoms with van der Waals surface area (Å²) in [5.41, 5.74) is 2.33. The van der Waals surface area contributed by atoms with Crippen molar-refractivity contribution in [1.82, 2.24) is 0 Å². The lowest BCUT2D eigenvalue weighted by Crippen LogP contribution is -2.14. The van der Waals surface area contributed by atoms with Crippen LogP contribution in [0.3, 0.4) is 0 Å². The summed E-state index contributed by atoms with van der Waals surface area (Å²) in [6.07, 6.45) is 5.17. The van der Waals surface area contributed by atoms with Crippen LogP contribution in [0.4, 0.5) is 5.69 Å². The Bertz CT molecular complexity index is 336. The van der Waals surface area contributed by atoms with Crippen LogP contribution in [0.2, 0.25) is 5.02 Å². The Morgan fingerprint density at radius 2 is 2.06 bits per heavy atom. The van der Waals surface area contributed by atoms with E-state index in [-0.39, 0.29) is 0 Å². The molecule has 0 saturated carbocycles. The zero-order valence-electron chi connectivity index (χ0n) is 11.2. The van der Waals surface area contributed by atoms with Gasteiger partial charge in [-0.05, 0) is 37.0 Å². The van der Waals surface area contributed by atoms with E-state index >= 15 is 0 Å². The normalized spacial score (nSPS) is 12.5. The van der Waals surface area contributed by atoms with Crippen molar-refractivity contribution < 1.29 is 0 Å². The van der Waals surface area contributed by atoms with Gasteiger partial charge in [0.1, 0.15) is 0 Å². The molecule has 0 amide bonds. The first-order valence-electron chi connectivity index (χ1n) is 6.68. The Kier molecular flexibility index (Phi) is 6.43. The molecule has 1 rings (SSSR count). The van der Waals surface area contributed by atoms with E-state index in [9.17, 15) is 0 Å². The van der Waals surface area contributed by atoms with Crippen LogP contribution in [0.25, 0.3) is 0 Å². The van der Waals surface area contributed by atoms with Gasteiger partial charge in [0.05, 0.1) is 0 Å². The van der Waals surface area contributed by atoms with E-state index in [4.69, 9.17) is 11.6 Å². The van der Waals surface area contributed by atoms with Crippen LogP contribution in [0.15, 0.2) is 18.2 Å². The van der Waals surface area contributed by atoms with Gasteiger partial charge < -0.3 is 5.32 Å². The second-order valence-corrected chi connectivity index (χ2v) is 5.12. The third kappa shape index (κ3) is 4.59. The molecule has 1 nitrogen and oxygen atoms in total. The van der Waals surface area contributed by atoms with Crippen LogP contribution >= 0.6 is 11.6 Å². The molecule has 0 heterocycles. The molecule has 96 valence electrons. The summed E-state index contributed by atoms with van der Waals surface area (Å²) in [6, 6.07) is 6.05. The number of hydrogen-bond donors (Lipinski definition) is 1. The summed E-state index contributed by atoms with van der Waals surface area (Å²) in [4.78, 5) is 0. The van der Waals surface area contributed by atoms with Crippen molar-refractivity contribution in [1.29, 1.82) is 0 Å². The lowest BCUT2D eigenvalue weighted by atomic mass is 9.99. The predicted molar refractivity (Wildman–Crippen MR) is 78.0 cm³/mol. The molecule has 2 heteroatoms. The summed E-state index contributed by atoms with van der Waals surface area (Å²) in [5, 5.41) is 4.37. The van der Waals surface area contributed by atoms with E-state index in [1.165, 1.54) is 31.4 Å². The first-order chi connectivity index (χ1) is 8.19. The fourth-order valence-corrected chi connectivity index (χ4v) is 2.17. The van der Waals surface area contributed by atoms with Gasteiger partial charge in [-0.2, -0.15) is 0 Å². The van der Waals surface area contributed by atoms with E-state index in [1.807, 2.05) is 12.1 Å². The summed E-state index contributed by atoms with van der Waals surface area (Å²) in [5.74, 6) is 0.772. The third-order valence-corrected chi connectivity index (χ3v) is 3.80. The number of hydrogen-bond acceptors (Lipinski definition) is 1. The van der Waals surface area contributed by atoms with Crippen molar-refractivity contribution in [2.45, 2.75) is 46.5 Å². The van der Waals surface area contributed by atoms with Gasteiger partial charge in [-0.1, -0.05) is 50.8 Å². The molecule has 0 radical (unpaired) electrons. The van der Waals surface area contributed by atoms with Crippen molar-refractivity contribution in [3.05, 3.63) is 28.8 Å². The molecule has 0 aliphatic rings. The lowest BCUT2D eigenvalue weighted by molar-refractivity contribution is 0.472. The van der Waals surface area contributed by atoms with Crippen LogP contribution in [0.1, 0.15) is 45.1 Å². The van der Waals surface area contributed by atoms with Crippen LogP contribution in [-0.4, -0.2) is 6.54 Å². The van der Waals surface area contributed by atoms with Gasteiger partial charge in [0.2, 0.25) is 0 Å². The highest BCUT2D eigenvalue weighted by Crippen LogP contribution is 2.23. The SMILES string of the molecule is CCCCC(CC)CNc1cccc(Cl)c1C. The lowest BCUT2D eigenvalue weighted by Gasteiger charge is -2.17. The average molecular weight is 254 g/mol. The predicted octanol–water partition coefficient (Wildman–Crippen LogP) is 5.28. The molecule has 1 aromatic carbocycles. The molecular formula is C15H24ClN. The van der Waals surface area contributed by atoms with E-state index in [0.717, 1.165) is 23.0 Å². The van der Waals surface area contributed by atoms with Crippen molar-refractivity contribution in [2.24, 2.45) is 5.92 Å². The fourth-order valence-electron chi connectivity index (χ4n) is 2.00.